The Balaban J connectivity index is 3.15. The summed E-state index contributed by atoms with van der Waals surface area (Å²) in [6.45, 7) is 3.76. The Morgan fingerprint density at radius 2 is 2.09 bits per heavy atom. The molecule has 0 aliphatic carbocycles. The molecule has 0 spiro atoms. The van der Waals surface area contributed by atoms with Crippen LogP contribution < -0.4 is 0 Å². The Kier molecular flexibility index (Phi) is 1.89. The summed E-state index contributed by atoms with van der Waals surface area (Å²) in [6, 6.07) is 1.57. The first-order valence-electron chi connectivity index (χ1n) is 3.28. The minimum Gasteiger partial charge on any atom is -0.477 e. The number of rotatable bonds is 1. The maximum absolute atomic E-state index is 10.4. The van der Waals surface area contributed by atoms with Crippen molar-refractivity contribution in [1.29, 1.82) is 0 Å². The molecule has 0 amide bonds. The molecular formula is C8H9NO2. The third-order valence-corrected chi connectivity index (χ3v) is 1.59. The lowest BCUT2D eigenvalue weighted by Crippen LogP contribution is -2.00. The molecule has 58 valence electrons. The van der Waals surface area contributed by atoms with Crippen molar-refractivity contribution in [2.24, 2.45) is 0 Å². The summed E-state index contributed by atoms with van der Waals surface area (Å²) in [5.41, 5.74) is 2.07. The van der Waals surface area contributed by atoms with Crippen molar-refractivity contribution in [1.82, 2.24) is 4.98 Å². The lowest BCUT2D eigenvalue weighted by Gasteiger charge is -1.98. The number of carbonyl (C=O) groups is 1. The van der Waals surface area contributed by atoms with Crippen LogP contribution in [0, 0.1) is 13.8 Å². The van der Waals surface area contributed by atoms with Gasteiger partial charge in [0.05, 0.1) is 0 Å². The summed E-state index contributed by atoms with van der Waals surface area (Å²) < 4.78 is 0. The maximum Gasteiger partial charge on any atom is 0.354 e. The van der Waals surface area contributed by atoms with E-state index >= 15 is 0 Å². The third kappa shape index (κ3) is 1.55. The first kappa shape index (κ1) is 7.72. The van der Waals surface area contributed by atoms with E-state index in [1.807, 2.05) is 13.8 Å². The van der Waals surface area contributed by atoms with Gasteiger partial charge in [-0.2, -0.15) is 0 Å². The molecule has 0 fully saturated rings. The number of aromatic nitrogens is 1. The molecule has 3 heteroatoms. The van der Waals surface area contributed by atoms with Crippen LogP contribution in [-0.2, 0) is 0 Å². The van der Waals surface area contributed by atoms with E-state index in [-0.39, 0.29) is 5.69 Å². The molecule has 11 heavy (non-hydrogen) atoms. The minimum absolute atomic E-state index is 0.105. The van der Waals surface area contributed by atoms with Gasteiger partial charge in [0.25, 0.3) is 0 Å². The zero-order valence-electron chi connectivity index (χ0n) is 6.46. The van der Waals surface area contributed by atoms with Crippen LogP contribution in [0.1, 0.15) is 21.6 Å². The topological polar surface area (TPSA) is 50.2 Å². The average Bonchev–Trinajstić information content (AvgIpc) is 1.94. The Labute approximate surface area is 64.7 Å². The highest BCUT2D eigenvalue weighted by molar-refractivity contribution is 5.85. The molecule has 1 aromatic rings. The van der Waals surface area contributed by atoms with E-state index in [0.717, 1.165) is 11.1 Å². The van der Waals surface area contributed by atoms with Crippen LogP contribution in [0.2, 0.25) is 0 Å². The summed E-state index contributed by atoms with van der Waals surface area (Å²) in [4.78, 5) is 14.1. The predicted octanol–water partition coefficient (Wildman–Crippen LogP) is 1.40. The van der Waals surface area contributed by atoms with Crippen molar-refractivity contribution in [2.45, 2.75) is 13.8 Å². The molecule has 1 aromatic heterocycles. The fourth-order valence-electron chi connectivity index (χ4n) is 0.741. The van der Waals surface area contributed by atoms with E-state index in [9.17, 15) is 4.79 Å². The van der Waals surface area contributed by atoms with Gasteiger partial charge in [-0.15, -0.1) is 0 Å². The lowest BCUT2D eigenvalue weighted by molar-refractivity contribution is 0.0690. The summed E-state index contributed by atoms with van der Waals surface area (Å²) in [5.74, 6) is -0.979. The molecule has 0 saturated heterocycles. The molecule has 1 N–H and O–H groups in total. The number of nitrogens with zero attached hydrogens (tertiary/aromatic N) is 1. The van der Waals surface area contributed by atoms with Crippen LogP contribution in [0.3, 0.4) is 0 Å². The van der Waals surface area contributed by atoms with E-state index in [4.69, 9.17) is 5.11 Å². The third-order valence-electron chi connectivity index (χ3n) is 1.59. The molecule has 0 saturated carbocycles. The number of carboxylic acid groups (broad SMARTS) is 1. The molecule has 0 aliphatic heterocycles. The fraction of sp³-hybridized carbons (Fsp3) is 0.250. The van der Waals surface area contributed by atoms with Crippen LogP contribution in [0.25, 0.3) is 0 Å². The number of hydrogen-bond acceptors (Lipinski definition) is 2. The van der Waals surface area contributed by atoms with Crippen molar-refractivity contribution in [2.75, 3.05) is 0 Å². The van der Waals surface area contributed by atoms with Gasteiger partial charge >= 0.3 is 5.97 Å². The summed E-state index contributed by atoms with van der Waals surface area (Å²) >= 11 is 0. The molecule has 0 radical (unpaired) electrons. The van der Waals surface area contributed by atoms with Crippen molar-refractivity contribution in [3.63, 3.8) is 0 Å². The Morgan fingerprint density at radius 3 is 2.55 bits per heavy atom. The Morgan fingerprint density at radius 1 is 1.45 bits per heavy atom. The highest BCUT2D eigenvalue weighted by atomic mass is 16.4. The zero-order valence-corrected chi connectivity index (χ0v) is 6.46. The van der Waals surface area contributed by atoms with Gasteiger partial charge in [-0.1, -0.05) is 0 Å². The van der Waals surface area contributed by atoms with Gasteiger partial charge in [-0.25, -0.2) is 9.78 Å². The zero-order chi connectivity index (χ0) is 8.43. The molecule has 0 aromatic carbocycles. The van der Waals surface area contributed by atoms with Crippen LogP contribution >= 0.6 is 0 Å². The number of carboxylic acids is 1. The predicted molar refractivity (Wildman–Crippen MR) is 40.7 cm³/mol. The van der Waals surface area contributed by atoms with Crippen molar-refractivity contribution in [3.8, 4) is 0 Å². The van der Waals surface area contributed by atoms with E-state index in [2.05, 4.69) is 4.98 Å². The fourth-order valence-corrected chi connectivity index (χ4v) is 0.741. The van der Waals surface area contributed by atoms with Crippen molar-refractivity contribution >= 4 is 5.97 Å². The first-order chi connectivity index (χ1) is 5.11. The average molecular weight is 151 g/mol. The normalized spacial score (nSPS) is 9.64. The second kappa shape index (κ2) is 2.70. The van der Waals surface area contributed by atoms with Crippen LogP contribution in [0.15, 0.2) is 12.3 Å². The van der Waals surface area contributed by atoms with E-state index in [1.165, 1.54) is 0 Å². The Bertz CT molecular complexity index is 294. The van der Waals surface area contributed by atoms with Crippen LogP contribution in [0.5, 0.6) is 0 Å². The quantitative estimate of drug-likeness (QED) is 0.659. The van der Waals surface area contributed by atoms with Crippen LogP contribution in [-0.4, -0.2) is 16.1 Å². The standard InChI is InChI=1S/C8H9NO2/c1-5-3-7(8(10)11)9-4-6(5)2/h3-4H,1-2H3,(H,10,11). The summed E-state index contributed by atoms with van der Waals surface area (Å²) in [7, 11) is 0. The molecule has 0 atom stereocenters. The molecule has 1 rings (SSSR count). The van der Waals surface area contributed by atoms with Crippen molar-refractivity contribution < 1.29 is 9.90 Å². The first-order valence-corrected chi connectivity index (χ1v) is 3.28. The van der Waals surface area contributed by atoms with Gasteiger partial charge < -0.3 is 5.11 Å². The maximum atomic E-state index is 10.4. The second-order valence-electron chi connectivity index (χ2n) is 2.46. The molecule has 0 unspecified atom stereocenters. The van der Waals surface area contributed by atoms with Gasteiger partial charge in [0.15, 0.2) is 0 Å². The van der Waals surface area contributed by atoms with E-state index < -0.39 is 5.97 Å². The lowest BCUT2D eigenvalue weighted by atomic mass is 10.1. The number of hydrogen-bond donors (Lipinski definition) is 1. The second-order valence-corrected chi connectivity index (χ2v) is 2.46. The minimum atomic E-state index is -0.979. The van der Waals surface area contributed by atoms with Gasteiger partial charge in [0.2, 0.25) is 0 Å². The van der Waals surface area contributed by atoms with Gasteiger partial charge in [0, 0.05) is 6.20 Å². The van der Waals surface area contributed by atoms with E-state index in [0.29, 0.717) is 0 Å². The SMILES string of the molecule is Cc1cnc(C(=O)O)cc1C. The van der Waals surface area contributed by atoms with Gasteiger partial charge in [-0.05, 0) is 31.0 Å². The molecule has 1 heterocycles. The number of aromatic carboxylic acids is 1. The largest absolute Gasteiger partial charge is 0.477 e. The number of aryl methyl sites for hydroxylation is 2. The smallest absolute Gasteiger partial charge is 0.354 e. The molecule has 3 nitrogen and oxygen atoms in total. The molecule has 0 bridgehead atoms. The summed E-state index contributed by atoms with van der Waals surface area (Å²) in [5, 5.41) is 8.54. The van der Waals surface area contributed by atoms with Crippen molar-refractivity contribution in [3.05, 3.63) is 29.1 Å². The summed E-state index contributed by atoms with van der Waals surface area (Å²) in [6.07, 6.45) is 1.57. The number of pyridine rings is 1. The highest BCUT2D eigenvalue weighted by Crippen LogP contribution is 2.05. The Hall–Kier alpha value is -1.38. The van der Waals surface area contributed by atoms with Crippen LogP contribution in [0.4, 0.5) is 0 Å². The molecule has 0 aliphatic rings. The monoisotopic (exact) mass is 151 g/mol. The highest BCUT2D eigenvalue weighted by Gasteiger charge is 2.04. The molecular weight excluding hydrogens is 142 g/mol. The van der Waals surface area contributed by atoms with E-state index in [1.54, 1.807) is 12.3 Å². The van der Waals surface area contributed by atoms with Gasteiger partial charge in [-0.3, -0.25) is 0 Å². The van der Waals surface area contributed by atoms with Gasteiger partial charge in [0.1, 0.15) is 5.69 Å².